The standard InChI is InChI=1S/C41H27N2OP/c44-45(30-13-3-1-4-14-30,31-15-5-2-6-16-31)32-24-22-28-12-11-20-33(37(28)27-32)29-23-25-40-38(26-29)42-41-36-19-8-7-17-34(36)35-18-9-10-21-39(35)43(40)41/h1-27H. The summed E-state index contributed by atoms with van der Waals surface area (Å²) in [5.41, 5.74) is 6.31. The molecule has 9 aromatic rings. The van der Waals surface area contributed by atoms with Gasteiger partial charge in [0.25, 0.3) is 0 Å². The zero-order valence-electron chi connectivity index (χ0n) is 24.3. The van der Waals surface area contributed by atoms with Crippen molar-refractivity contribution in [2.75, 3.05) is 0 Å². The quantitative estimate of drug-likeness (QED) is 0.150. The summed E-state index contributed by atoms with van der Waals surface area (Å²) in [6, 6.07) is 56.0. The summed E-state index contributed by atoms with van der Waals surface area (Å²) in [6.07, 6.45) is 0. The molecule has 4 heteroatoms. The van der Waals surface area contributed by atoms with Crippen molar-refractivity contribution in [3.8, 4) is 11.1 Å². The molecular weight excluding hydrogens is 567 g/mol. The van der Waals surface area contributed by atoms with E-state index < -0.39 is 7.14 Å². The predicted molar refractivity (Wildman–Crippen MR) is 190 cm³/mol. The van der Waals surface area contributed by atoms with Crippen LogP contribution in [0.2, 0.25) is 0 Å². The van der Waals surface area contributed by atoms with Crippen LogP contribution >= 0.6 is 7.14 Å². The second-order valence-electron chi connectivity index (χ2n) is 11.5. The van der Waals surface area contributed by atoms with Crippen molar-refractivity contribution in [3.63, 3.8) is 0 Å². The van der Waals surface area contributed by atoms with Crippen LogP contribution in [-0.4, -0.2) is 9.38 Å². The second kappa shape index (κ2) is 10.0. The minimum atomic E-state index is -3.11. The Morgan fingerprint density at radius 2 is 1.13 bits per heavy atom. The van der Waals surface area contributed by atoms with E-state index in [9.17, 15) is 0 Å². The van der Waals surface area contributed by atoms with Crippen LogP contribution in [0, 0.1) is 0 Å². The topological polar surface area (TPSA) is 34.4 Å². The van der Waals surface area contributed by atoms with Gasteiger partial charge >= 0.3 is 0 Å². The third kappa shape index (κ3) is 3.91. The average molecular weight is 595 g/mol. The zero-order valence-corrected chi connectivity index (χ0v) is 25.2. The highest BCUT2D eigenvalue weighted by atomic mass is 31.2. The molecule has 0 unspecified atom stereocenters. The van der Waals surface area contributed by atoms with E-state index in [0.29, 0.717) is 0 Å². The second-order valence-corrected chi connectivity index (χ2v) is 14.3. The van der Waals surface area contributed by atoms with Gasteiger partial charge in [0.2, 0.25) is 0 Å². The van der Waals surface area contributed by atoms with E-state index in [-0.39, 0.29) is 0 Å². The lowest BCUT2D eigenvalue weighted by atomic mass is 9.98. The lowest BCUT2D eigenvalue weighted by Gasteiger charge is -2.21. The molecule has 0 bridgehead atoms. The first-order valence-electron chi connectivity index (χ1n) is 15.2. The summed E-state index contributed by atoms with van der Waals surface area (Å²) in [7, 11) is -3.11. The molecule has 2 aromatic heterocycles. The summed E-state index contributed by atoms with van der Waals surface area (Å²) in [6.45, 7) is 0. The molecule has 0 N–H and O–H groups in total. The fourth-order valence-corrected chi connectivity index (χ4v) is 9.59. The molecule has 3 nitrogen and oxygen atoms in total. The minimum Gasteiger partial charge on any atom is -0.309 e. The fraction of sp³-hybridized carbons (Fsp3) is 0. The Balaban J connectivity index is 1.28. The van der Waals surface area contributed by atoms with E-state index in [1.807, 2.05) is 66.7 Å². The van der Waals surface area contributed by atoms with Crippen LogP contribution in [0.15, 0.2) is 164 Å². The summed E-state index contributed by atoms with van der Waals surface area (Å²) in [4.78, 5) is 5.21. The number of para-hydroxylation sites is 1. The first-order valence-corrected chi connectivity index (χ1v) is 16.9. The smallest absolute Gasteiger partial charge is 0.171 e. The maximum atomic E-state index is 15.2. The van der Waals surface area contributed by atoms with E-state index in [2.05, 4.69) is 101 Å². The van der Waals surface area contributed by atoms with Gasteiger partial charge in [0, 0.05) is 26.7 Å². The Morgan fingerprint density at radius 3 is 1.89 bits per heavy atom. The summed E-state index contributed by atoms with van der Waals surface area (Å²) in [5, 5.41) is 8.23. The number of hydrogen-bond donors (Lipinski definition) is 0. The van der Waals surface area contributed by atoms with Crippen LogP contribution in [0.4, 0.5) is 0 Å². The van der Waals surface area contributed by atoms with E-state index >= 15 is 4.57 Å². The van der Waals surface area contributed by atoms with Gasteiger partial charge in [0.1, 0.15) is 5.65 Å². The van der Waals surface area contributed by atoms with Gasteiger partial charge in [-0.1, -0.05) is 140 Å². The molecule has 212 valence electrons. The molecule has 2 heterocycles. The van der Waals surface area contributed by atoms with E-state index in [4.69, 9.17) is 4.98 Å². The number of hydrogen-bond acceptors (Lipinski definition) is 2. The number of rotatable bonds is 4. The van der Waals surface area contributed by atoms with Crippen LogP contribution in [0.25, 0.3) is 60.3 Å². The molecule has 0 saturated carbocycles. The van der Waals surface area contributed by atoms with Crippen LogP contribution < -0.4 is 15.9 Å². The Labute approximate surface area is 260 Å². The van der Waals surface area contributed by atoms with Crippen molar-refractivity contribution >= 4 is 72.2 Å². The normalized spacial score (nSPS) is 12.1. The Morgan fingerprint density at radius 1 is 0.467 bits per heavy atom. The van der Waals surface area contributed by atoms with Gasteiger partial charge in [0.05, 0.1) is 16.6 Å². The van der Waals surface area contributed by atoms with Crippen molar-refractivity contribution in [1.29, 1.82) is 0 Å². The summed E-state index contributed by atoms with van der Waals surface area (Å²) >= 11 is 0. The molecule has 7 aromatic carbocycles. The van der Waals surface area contributed by atoms with Gasteiger partial charge in [-0.2, -0.15) is 0 Å². The van der Waals surface area contributed by atoms with Crippen molar-refractivity contribution < 1.29 is 4.57 Å². The zero-order chi connectivity index (χ0) is 30.0. The van der Waals surface area contributed by atoms with E-state index in [0.717, 1.165) is 65.4 Å². The van der Waals surface area contributed by atoms with E-state index in [1.54, 1.807) is 0 Å². The van der Waals surface area contributed by atoms with Gasteiger partial charge in [0.15, 0.2) is 7.14 Å². The molecule has 0 spiro atoms. The minimum absolute atomic E-state index is 0.826. The first-order chi connectivity index (χ1) is 22.2. The van der Waals surface area contributed by atoms with Crippen molar-refractivity contribution in [2.24, 2.45) is 0 Å². The molecule has 0 aliphatic carbocycles. The van der Waals surface area contributed by atoms with Crippen LogP contribution in [-0.2, 0) is 4.57 Å². The molecular formula is C41H27N2OP. The van der Waals surface area contributed by atoms with Crippen molar-refractivity contribution in [3.05, 3.63) is 164 Å². The number of pyridine rings is 1. The molecule has 45 heavy (non-hydrogen) atoms. The summed E-state index contributed by atoms with van der Waals surface area (Å²) < 4.78 is 17.5. The number of imidazole rings is 1. The van der Waals surface area contributed by atoms with Crippen LogP contribution in [0.1, 0.15) is 0 Å². The van der Waals surface area contributed by atoms with E-state index in [1.165, 1.54) is 10.8 Å². The lowest BCUT2D eigenvalue weighted by Crippen LogP contribution is -2.24. The van der Waals surface area contributed by atoms with Crippen LogP contribution in [0.5, 0.6) is 0 Å². The SMILES string of the molecule is O=P(c1ccccc1)(c1ccccc1)c1ccc2cccc(-c3ccc4c(c3)nc3c5ccccc5c5ccccc5n43)c2c1. The summed E-state index contributed by atoms with van der Waals surface area (Å²) in [5.74, 6) is 0. The van der Waals surface area contributed by atoms with Crippen molar-refractivity contribution in [1.82, 2.24) is 9.38 Å². The van der Waals surface area contributed by atoms with Gasteiger partial charge in [-0.3, -0.25) is 4.40 Å². The number of benzene rings is 7. The average Bonchev–Trinajstić information content (AvgIpc) is 3.51. The van der Waals surface area contributed by atoms with Gasteiger partial charge in [-0.15, -0.1) is 0 Å². The van der Waals surface area contributed by atoms with Gasteiger partial charge < -0.3 is 4.57 Å². The maximum absolute atomic E-state index is 15.2. The van der Waals surface area contributed by atoms with Gasteiger partial charge in [-0.05, 0) is 51.6 Å². The highest BCUT2D eigenvalue weighted by Gasteiger charge is 2.30. The Hall–Kier alpha value is -5.50. The van der Waals surface area contributed by atoms with Crippen LogP contribution in [0.3, 0.4) is 0 Å². The number of aromatic nitrogens is 2. The van der Waals surface area contributed by atoms with Gasteiger partial charge in [-0.25, -0.2) is 4.98 Å². The fourth-order valence-electron chi connectivity index (χ4n) is 6.91. The highest BCUT2D eigenvalue weighted by Crippen LogP contribution is 2.44. The van der Waals surface area contributed by atoms with Crippen molar-refractivity contribution in [2.45, 2.75) is 0 Å². The largest absolute Gasteiger partial charge is 0.309 e. The number of fused-ring (bicyclic) bond motifs is 9. The predicted octanol–water partition coefficient (Wildman–Crippen LogP) is 9.25. The maximum Gasteiger partial charge on any atom is 0.171 e. The lowest BCUT2D eigenvalue weighted by molar-refractivity contribution is 0.592. The monoisotopic (exact) mass is 594 g/mol. The Kier molecular flexibility index (Phi) is 5.78. The molecule has 0 radical (unpaired) electrons. The third-order valence-electron chi connectivity index (χ3n) is 9.04. The molecule has 9 rings (SSSR count). The molecule has 0 aliphatic rings. The Bertz CT molecular complexity index is 2580. The molecule has 0 saturated heterocycles. The molecule has 0 fully saturated rings. The highest BCUT2D eigenvalue weighted by molar-refractivity contribution is 7.85. The molecule has 0 aliphatic heterocycles. The number of nitrogens with zero attached hydrogens (tertiary/aromatic N) is 2. The molecule has 0 atom stereocenters. The molecule has 0 amide bonds. The third-order valence-corrected chi connectivity index (χ3v) is 12.1. The first kappa shape index (κ1) is 25.9.